The molecular weight excluding hydrogens is 242 g/mol. The summed E-state index contributed by atoms with van der Waals surface area (Å²) in [6.07, 6.45) is 7.54. The van der Waals surface area contributed by atoms with E-state index in [-0.39, 0.29) is 0 Å². The van der Waals surface area contributed by atoms with E-state index in [1.807, 2.05) is 27.8 Å². The lowest BCUT2D eigenvalue weighted by Gasteiger charge is -2.09. The van der Waals surface area contributed by atoms with Crippen LogP contribution in [0.1, 0.15) is 13.8 Å². The van der Waals surface area contributed by atoms with Crippen molar-refractivity contribution in [1.82, 2.24) is 19.3 Å². The van der Waals surface area contributed by atoms with Gasteiger partial charge in [0.15, 0.2) is 0 Å². The molecule has 0 aliphatic rings. The molecule has 104 valence electrons. The highest BCUT2D eigenvalue weighted by Crippen LogP contribution is 2.13. The molecule has 6 heteroatoms. The van der Waals surface area contributed by atoms with Crippen molar-refractivity contribution >= 4 is 5.95 Å². The molecule has 19 heavy (non-hydrogen) atoms. The summed E-state index contributed by atoms with van der Waals surface area (Å²) in [6, 6.07) is 0. The normalized spacial score (nSPS) is 11.2. The summed E-state index contributed by atoms with van der Waals surface area (Å²) in [7, 11) is 1.69. The number of anilines is 1. The van der Waals surface area contributed by atoms with Gasteiger partial charge in [-0.15, -0.1) is 0 Å². The fourth-order valence-electron chi connectivity index (χ4n) is 1.72. The van der Waals surface area contributed by atoms with Crippen molar-refractivity contribution in [3.8, 4) is 5.69 Å². The van der Waals surface area contributed by atoms with Crippen LogP contribution in [-0.2, 0) is 11.3 Å². The second-order valence-corrected chi connectivity index (χ2v) is 4.85. The Morgan fingerprint density at radius 3 is 3.00 bits per heavy atom. The third kappa shape index (κ3) is 3.57. The van der Waals surface area contributed by atoms with E-state index in [1.54, 1.807) is 13.3 Å². The van der Waals surface area contributed by atoms with Crippen LogP contribution < -0.4 is 5.32 Å². The Kier molecular flexibility index (Phi) is 4.57. The molecule has 2 aromatic heterocycles. The van der Waals surface area contributed by atoms with Crippen molar-refractivity contribution in [1.29, 1.82) is 0 Å². The Morgan fingerprint density at radius 2 is 2.26 bits per heavy atom. The molecule has 0 bridgehead atoms. The van der Waals surface area contributed by atoms with Gasteiger partial charge < -0.3 is 10.1 Å². The molecule has 6 nitrogen and oxygen atoms in total. The Morgan fingerprint density at radius 1 is 1.42 bits per heavy atom. The monoisotopic (exact) mass is 263 g/mol. The van der Waals surface area contributed by atoms with Gasteiger partial charge in [0.1, 0.15) is 0 Å². The molecule has 2 rings (SSSR count). The SMILES string of the molecule is COCCn1cc(-n2ccnc2NCC(C)C)cn1. The topological polar surface area (TPSA) is 56.9 Å². The van der Waals surface area contributed by atoms with Gasteiger partial charge in [0.25, 0.3) is 0 Å². The molecule has 0 aromatic carbocycles. The smallest absolute Gasteiger partial charge is 0.207 e. The first-order valence-electron chi connectivity index (χ1n) is 6.49. The van der Waals surface area contributed by atoms with Gasteiger partial charge in [-0.3, -0.25) is 9.25 Å². The van der Waals surface area contributed by atoms with Crippen LogP contribution >= 0.6 is 0 Å². The molecule has 1 N–H and O–H groups in total. The van der Waals surface area contributed by atoms with Crippen molar-refractivity contribution in [2.24, 2.45) is 5.92 Å². The van der Waals surface area contributed by atoms with Crippen LogP contribution in [0.4, 0.5) is 5.95 Å². The molecule has 0 saturated carbocycles. The third-order valence-corrected chi connectivity index (χ3v) is 2.73. The van der Waals surface area contributed by atoms with Crippen LogP contribution in [0, 0.1) is 5.92 Å². The second-order valence-electron chi connectivity index (χ2n) is 4.85. The highest BCUT2D eigenvalue weighted by Gasteiger charge is 2.07. The summed E-state index contributed by atoms with van der Waals surface area (Å²) in [4.78, 5) is 4.33. The summed E-state index contributed by atoms with van der Waals surface area (Å²) in [5.74, 6) is 1.43. The van der Waals surface area contributed by atoms with Crippen molar-refractivity contribution in [3.63, 3.8) is 0 Å². The average molecular weight is 263 g/mol. The Hall–Kier alpha value is -1.82. The molecule has 0 saturated heterocycles. The van der Waals surface area contributed by atoms with Gasteiger partial charge in [-0.2, -0.15) is 5.10 Å². The van der Waals surface area contributed by atoms with Crippen molar-refractivity contribution in [2.75, 3.05) is 25.6 Å². The maximum absolute atomic E-state index is 5.04. The van der Waals surface area contributed by atoms with Crippen molar-refractivity contribution in [3.05, 3.63) is 24.8 Å². The highest BCUT2D eigenvalue weighted by molar-refractivity contribution is 5.39. The molecule has 0 aliphatic carbocycles. The molecule has 0 radical (unpaired) electrons. The lowest BCUT2D eigenvalue weighted by atomic mass is 10.2. The van der Waals surface area contributed by atoms with E-state index in [0.29, 0.717) is 12.5 Å². The first-order valence-corrected chi connectivity index (χ1v) is 6.49. The number of nitrogens with one attached hydrogen (secondary N) is 1. The van der Waals surface area contributed by atoms with Crippen LogP contribution in [0.3, 0.4) is 0 Å². The zero-order chi connectivity index (χ0) is 13.7. The first kappa shape index (κ1) is 13.6. The van der Waals surface area contributed by atoms with Crippen LogP contribution in [0.15, 0.2) is 24.8 Å². The number of methoxy groups -OCH3 is 1. The zero-order valence-electron chi connectivity index (χ0n) is 11.7. The summed E-state index contributed by atoms with van der Waals surface area (Å²) in [6.45, 7) is 6.64. The largest absolute Gasteiger partial charge is 0.383 e. The standard InChI is InChI=1S/C13H21N5O/c1-11(2)8-15-13-14-4-5-18(13)12-9-16-17(10-12)6-7-19-3/h4-5,9-11H,6-8H2,1-3H3,(H,14,15). The molecule has 0 unspecified atom stereocenters. The highest BCUT2D eigenvalue weighted by atomic mass is 16.5. The maximum atomic E-state index is 5.04. The summed E-state index contributed by atoms with van der Waals surface area (Å²) in [5, 5.41) is 7.64. The molecule has 0 aliphatic heterocycles. The number of imidazole rings is 1. The number of rotatable bonds is 7. The average Bonchev–Trinajstić information content (AvgIpc) is 3.02. The lowest BCUT2D eigenvalue weighted by molar-refractivity contribution is 0.183. The first-order chi connectivity index (χ1) is 9.20. The van der Waals surface area contributed by atoms with Gasteiger partial charge in [0.2, 0.25) is 5.95 Å². The van der Waals surface area contributed by atoms with Crippen LogP contribution in [0.5, 0.6) is 0 Å². The third-order valence-electron chi connectivity index (χ3n) is 2.73. The van der Waals surface area contributed by atoms with E-state index in [9.17, 15) is 0 Å². The number of nitrogens with zero attached hydrogens (tertiary/aromatic N) is 4. The predicted molar refractivity (Wildman–Crippen MR) is 74.6 cm³/mol. The van der Waals surface area contributed by atoms with Crippen molar-refractivity contribution < 1.29 is 4.74 Å². The number of hydrogen-bond donors (Lipinski definition) is 1. The number of hydrogen-bond acceptors (Lipinski definition) is 4. The summed E-state index contributed by atoms with van der Waals surface area (Å²) < 4.78 is 8.91. The molecular formula is C13H21N5O. The van der Waals surface area contributed by atoms with E-state index >= 15 is 0 Å². The van der Waals surface area contributed by atoms with Gasteiger partial charge in [-0.05, 0) is 5.92 Å². The molecule has 2 aromatic rings. The molecule has 0 amide bonds. The Labute approximate surface area is 113 Å². The summed E-state index contributed by atoms with van der Waals surface area (Å²) >= 11 is 0. The van der Waals surface area contributed by atoms with Crippen molar-refractivity contribution in [2.45, 2.75) is 20.4 Å². The predicted octanol–water partition coefficient (Wildman–Crippen LogP) is 1.78. The summed E-state index contributed by atoms with van der Waals surface area (Å²) in [5.41, 5.74) is 1.000. The second kappa shape index (κ2) is 6.38. The van der Waals surface area contributed by atoms with Gasteiger partial charge in [-0.25, -0.2) is 4.98 Å². The van der Waals surface area contributed by atoms with E-state index in [4.69, 9.17) is 4.74 Å². The maximum Gasteiger partial charge on any atom is 0.207 e. The minimum Gasteiger partial charge on any atom is -0.383 e. The number of aromatic nitrogens is 4. The van der Waals surface area contributed by atoms with E-state index in [0.717, 1.165) is 24.7 Å². The minimum atomic E-state index is 0.578. The lowest BCUT2D eigenvalue weighted by Crippen LogP contribution is -2.11. The van der Waals surface area contributed by atoms with Gasteiger partial charge >= 0.3 is 0 Å². The Bertz CT molecular complexity index is 503. The van der Waals surface area contributed by atoms with Gasteiger partial charge in [0.05, 0.1) is 25.0 Å². The van der Waals surface area contributed by atoms with Crippen LogP contribution in [0.25, 0.3) is 5.69 Å². The fourth-order valence-corrected chi connectivity index (χ4v) is 1.72. The van der Waals surface area contributed by atoms with Gasteiger partial charge in [-0.1, -0.05) is 13.8 Å². The fraction of sp³-hybridized carbons (Fsp3) is 0.538. The molecule has 0 spiro atoms. The zero-order valence-corrected chi connectivity index (χ0v) is 11.7. The number of ether oxygens (including phenoxy) is 1. The molecule has 0 atom stereocenters. The van der Waals surface area contributed by atoms with E-state index in [1.165, 1.54) is 0 Å². The molecule has 0 fully saturated rings. The van der Waals surface area contributed by atoms with Gasteiger partial charge in [0, 0.05) is 32.2 Å². The van der Waals surface area contributed by atoms with E-state index < -0.39 is 0 Å². The quantitative estimate of drug-likeness (QED) is 0.827. The van der Waals surface area contributed by atoms with Crippen LogP contribution in [0.2, 0.25) is 0 Å². The van der Waals surface area contributed by atoms with Crippen LogP contribution in [-0.4, -0.2) is 39.6 Å². The minimum absolute atomic E-state index is 0.578. The van der Waals surface area contributed by atoms with E-state index in [2.05, 4.69) is 29.2 Å². The molecule has 2 heterocycles. The Balaban J connectivity index is 2.08.